The maximum absolute atomic E-state index is 12.9. The van der Waals surface area contributed by atoms with Crippen LogP contribution >= 0.6 is 12.4 Å². The molecule has 2 fully saturated rings. The quantitative estimate of drug-likeness (QED) is 0.519. The van der Waals surface area contributed by atoms with Crippen molar-refractivity contribution in [1.82, 2.24) is 20.4 Å². The predicted octanol–water partition coefficient (Wildman–Crippen LogP) is 0.951. The van der Waals surface area contributed by atoms with Gasteiger partial charge in [-0.3, -0.25) is 24.6 Å². The van der Waals surface area contributed by atoms with Crippen LogP contribution in [0.3, 0.4) is 0 Å². The van der Waals surface area contributed by atoms with E-state index < -0.39 is 11.0 Å². The number of piperazine rings is 1. The molecule has 2 aliphatic heterocycles. The molecule has 0 saturated carbocycles. The lowest BCUT2D eigenvalue weighted by molar-refractivity contribution is -0.385. The Balaban J connectivity index is 0.00000300. The summed E-state index contributed by atoms with van der Waals surface area (Å²) in [5, 5.41) is 17.2. The summed E-state index contributed by atoms with van der Waals surface area (Å²) in [4.78, 5) is 39.9. The Hall–Kier alpha value is -2.23. The van der Waals surface area contributed by atoms with E-state index in [1.807, 2.05) is 0 Å². The number of rotatable bonds is 6. The first-order chi connectivity index (χ1) is 13.5. The molecule has 1 aromatic rings. The van der Waals surface area contributed by atoms with Crippen LogP contribution in [0.25, 0.3) is 0 Å². The Morgan fingerprint density at radius 2 is 2.00 bits per heavy atom. The average molecular weight is 426 g/mol. The number of nitro groups is 1. The van der Waals surface area contributed by atoms with E-state index in [0.717, 1.165) is 39.1 Å². The lowest BCUT2D eigenvalue weighted by Crippen LogP contribution is -2.49. The van der Waals surface area contributed by atoms with Gasteiger partial charge in [0.15, 0.2) is 0 Å². The van der Waals surface area contributed by atoms with Crippen molar-refractivity contribution in [1.29, 1.82) is 0 Å². The molecule has 29 heavy (non-hydrogen) atoms. The average Bonchev–Trinajstić information content (AvgIpc) is 3.17. The number of halogens is 1. The van der Waals surface area contributed by atoms with E-state index >= 15 is 0 Å². The van der Waals surface area contributed by atoms with Gasteiger partial charge in [-0.15, -0.1) is 12.4 Å². The Bertz CT molecular complexity index is 754. The molecule has 3 rings (SSSR count). The highest BCUT2D eigenvalue weighted by atomic mass is 35.5. The lowest BCUT2D eigenvalue weighted by Gasteiger charge is -2.28. The van der Waals surface area contributed by atoms with Crippen LogP contribution in [0.4, 0.5) is 5.69 Å². The SMILES string of the molecule is Cc1cc(C(=O)N2CCCC2C(=O)NCCN2CCNCC2)ccc1[N+](=O)[O-].Cl. The zero-order valence-corrected chi connectivity index (χ0v) is 17.4. The van der Waals surface area contributed by atoms with Gasteiger partial charge in [0.05, 0.1) is 4.92 Å². The Kier molecular flexibility index (Phi) is 8.36. The van der Waals surface area contributed by atoms with Crippen molar-refractivity contribution in [2.24, 2.45) is 0 Å². The van der Waals surface area contributed by atoms with Crippen molar-refractivity contribution < 1.29 is 14.5 Å². The van der Waals surface area contributed by atoms with Crippen LogP contribution < -0.4 is 10.6 Å². The van der Waals surface area contributed by atoms with Gasteiger partial charge in [0.2, 0.25) is 5.91 Å². The molecule has 1 aromatic carbocycles. The first-order valence-electron chi connectivity index (χ1n) is 9.74. The van der Waals surface area contributed by atoms with Crippen LogP contribution in [0.1, 0.15) is 28.8 Å². The summed E-state index contributed by atoms with van der Waals surface area (Å²) in [6.45, 7) is 7.38. The van der Waals surface area contributed by atoms with Gasteiger partial charge in [0.25, 0.3) is 11.6 Å². The van der Waals surface area contributed by atoms with Gasteiger partial charge in [-0.1, -0.05) is 0 Å². The number of aryl methyl sites for hydroxylation is 1. The van der Waals surface area contributed by atoms with Crippen LogP contribution in [0.15, 0.2) is 18.2 Å². The molecule has 160 valence electrons. The predicted molar refractivity (Wildman–Crippen MR) is 111 cm³/mol. The zero-order chi connectivity index (χ0) is 20.1. The summed E-state index contributed by atoms with van der Waals surface area (Å²) >= 11 is 0. The lowest BCUT2D eigenvalue weighted by atomic mass is 10.1. The summed E-state index contributed by atoms with van der Waals surface area (Å²) in [6.07, 6.45) is 1.41. The molecule has 2 amide bonds. The van der Waals surface area contributed by atoms with Gasteiger partial charge in [0.1, 0.15) is 6.04 Å². The van der Waals surface area contributed by atoms with E-state index in [0.29, 0.717) is 30.6 Å². The minimum absolute atomic E-state index is 0. The Labute approximate surface area is 176 Å². The summed E-state index contributed by atoms with van der Waals surface area (Å²) in [6, 6.07) is 3.86. The molecule has 1 unspecified atom stereocenters. The maximum atomic E-state index is 12.9. The van der Waals surface area contributed by atoms with Crippen LogP contribution in [0.2, 0.25) is 0 Å². The van der Waals surface area contributed by atoms with Gasteiger partial charge >= 0.3 is 0 Å². The monoisotopic (exact) mass is 425 g/mol. The summed E-state index contributed by atoms with van der Waals surface area (Å²) < 4.78 is 0. The molecule has 10 heteroatoms. The summed E-state index contributed by atoms with van der Waals surface area (Å²) in [5.41, 5.74) is 0.802. The van der Waals surface area contributed by atoms with Gasteiger partial charge in [-0.2, -0.15) is 0 Å². The number of benzene rings is 1. The standard InChI is InChI=1S/C19H27N5O4.ClH/c1-14-13-15(4-5-16(14)24(27)28)19(26)23-9-2-3-17(23)18(25)21-8-12-22-10-6-20-7-11-22;/h4-5,13,17,20H,2-3,6-12H2,1H3,(H,21,25);1H. The highest BCUT2D eigenvalue weighted by Gasteiger charge is 2.34. The molecular formula is C19H28ClN5O4. The van der Waals surface area contributed by atoms with Crippen molar-refractivity contribution in [3.05, 3.63) is 39.4 Å². The summed E-state index contributed by atoms with van der Waals surface area (Å²) in [7, 11) is 0. The zero-order valence-electron chi connectivity index (χ0n) is 16.6. The molecule has 0 spiro atoms. The second kappa shape index (κ2) is 10.5. The topological polar surface area (TPSA) is 108 Å². The third-order valence-electron chi connectivity index (χ3n) is 5.39. The van der Waals surface area contributed by atoms with Crippen LogP contribution in [-0.2, 0) is 4.79 Å². The van der Waals surface area contributed by atoms with Crippen molar-refractivity contribution >= 4 is 29.9 Å². The number of likely N-dealkylation sites (tertiary alicyclic amines) is 1. The minimum atomic E-state index is -0.481. The molecule has 2 heterocycles. The van der Waals surface area contributed by atoms with Crippen molar-refractivity contribution in [2.75, 3.05) is 45.8 Å². The van der Waals surface area contributed by atoms with E-state index in [2.05, 4.69) is 15.5 Å². The molecule has 1 atom stereocenters. The molecule has 0 aliphatic carbocycles. The minimum Gasteiger partial charge on any atom is -0.353 e. The molecule has 2 saturated heterocycles. The molecule has 2 aliphatic rings. The number of nitrogens with one attached hydrogen (secondary N) is 2. The van der Waals surface area contributed by atoms with E-state index in [9.17, 15) is 19.7 Å². The fourth-order valence-corrected chi connectivity index (χ4v) is 3.83. The molecule has 0 bridgehead atoms. The third-order valence-corrected chi connectivity index (χ3v) is 5.39. The third kappa shape index (κ3) is 5.65. The number of hydrogen-bond donors (Lipinski definition) is 2. The van der Waals surface area contributed by atoms with Crippen molar-refractivity contribution in [3.63, 3.8) is 0 Å². The Morgan fingerprint density at radius 1 is 1.28 bits per heavy atom. The second-order valence-electron chi connectivity index (χ2n) is 7.30. The van der Waals surface area contributed by atoms with E-state index in [-0.39, 0.29) is 29.9 Å². The van der Waals surface area contributed by atoms with E-state index in [1.54, 1.807) is 11.8 Å². The number of hydrogen-bond acceptors (Lipinski definition) is 6. The van der Waals surface area contributed by atoms with E-state index in [1.165, 1.54) is 18.2 Å². The number of amides is 2. The van der Waals surface area contributed by atoms with Gasteiger partial charge in [-0.05, 0) is 31.9 Å². The fourth-order valence-electron chi connectivity index (χ4n) is 3.83. The van der Waals surface area contributed by atoms with Crippen molar-refractivity contribution in [3.8, 4) is 0 Å². The molecule has 0 radical (unpaired) electrons. The number of carbonyl (C=O) groups excluding carboxylic acids is 2. The highest BCUT2D eigenvalue weighted by molar-refractivity contribution is 5.98. The van der Waals surface area contributed by atoms with Crippen molar-refractivity contribution in [2.45, 2.75) is 25.8 Å². The van der Waals surface area contributed by atoms with E-state index in [4.69, 9.17) is 0 Å². The number of nitrogens with zero attached hydrogens (tertiary/aromatic N) is 3. The van der Waals surface area contributed by atoms with Gasteiger partial charge in [0, 0.05) is 63.0 Å². The number of carbonyl (C=O) groups is 2. The van der Waals surface area contributed by atoms with Crippen LogP contribution in [0, 0.1) is 17.0 Å². The highest BCUT2D eigenvalue weighted by Crippen LogP contribution is 2.24. The molecule has 2 N–H and O–H groups in total. The summed E-state index contributed by atoms with van der Waals surface area (Å²) in [5.74, 6) is -0.377. The molecular weight excluding hydrogens is 398 g/mol. The first-order valence-corrected chi connectivity index (χ1v) is 9.74. The molecule has 9 nitrogen and oxygen atoms in total. The van der Waals surface area contributed by atoms with Gasteiger partial charge in [-0.25, -0.2) is 0 Å². The van der Waals surface area contributed by atoms with Crippen LogP contribution in [0.5, 0.6) is 0 Å². The van der Waals surface area contributed by atoms with Gasteiger partial charge < -0.3 is 15.5 Å². The van der Waals surface area contributed by atoms with Crippen LogP contribution in [-0.4, -0.2) is 78.4 Å². The smallest absolute Gasteiger partial charge is 0.272 e. The number of nitro benzene ring substituents is 1. The maximum Gasteiger partial charge on any atom is 0.272 e. The second-order valence-corrected chi connectivity index (χ2v) is 7.30. The first kappa shape index (κ1) is 23.1. The Morgan fingerprint density at radius 3 is 2.66 bits per heavy atom. The fraction of sp³-hybridized carbons (Fsp3) is 0.579. The largest absolute Gasteiger partial charge is 0.353 e. The normalized spacial score (nSPS) is 19.5. The molecule has 0 aromatic heterocycles.